The van der Waals surface area contributed by atoms with Gasteiger partial charge in [0.25, 0.3) is 0 Å². The van der Waals surface area contributed by atoms with Gasteiger partial charge in [0.15, 0.2) is 5.75 Å². The predicted octanol–water partition coefficient (Wildman–Crippen LogP) is 5.31. The average molecular weight is 386 g/mol. The van der Waals surface area contributed by atoms with Gasteiger partial charge in [0.1, 0.15) is 17.2 Å². The number of hydrogen-bond acceptors (Lipinski definition) is 4. The van der Waals surface area contributed by atoms with Crippen molar-refractivity contribution in [1.82, 2.24) is 4.90 Å². The lowest BCUT2D eigenvalue weighted by Crippen LogP contribution is -2.41. The van der Waals surface area contributed by atoms with Gasteiger partial charge in [-0.2, -0.15) is 0 Å². The maximum atomic E-state index is 13.1. The number of hydrogen-bond donors (Lipinski definition) is 1. The fraction of sp³-hybridized carbons (Fsp3) is 0.409. The number of ether oxygens (including phenoxy) is 2. The van der Waals surface area contributed by atoms with Crippen LogP contribution in [0.25, 0.3) is 0 Å². The Bertz CT molecular complexity index is 823. The van der Waals surface area contributed by atoms with Crippen LogP contribution in [0, 0.1) is 5.82 Å². The summed E-state index contributed by atoms with van der Waals surface area (Å²) in [6, 6.07) is 11.6. The van der Waals surface area contributed by atoms with Gasteiger partial charge in [0.05, 0.1) is 5.69 Å². The number of amides is 1. The first-order valence-electron chi connectivity index (χ1n) is 9.52. The van der Waals surface area contributed by atoms with Crippen LogP contribution in [0.4, 0.5) is 14.9 Å². The van der Waals surface area contributed by atoms with Crippen LogP contribution in [0.1, 0.15) is 45.1 Å². The van der Waals surface area contributed by atoms with Crippen LogP contribution < -0.4 is 10.5 Å². The summed E-state index contributed by atoms with van der Waals surface area (Å²) in [5.41, 5.74) is 7.21. The van der Waals surface area contributed by atoms with E-state index in [1.807, 2.05) is 39.0 Å². The normalized spacial score (nSPS) is 15.4. The van der Waals surface area contributed by atoms with E-state index >= 15 is 0 Å². The van der Waals surface area contributed by atoms with Gasteiger partial charge in [0, 0.05) is 13.1 Å². The molecule has 0 aliphatic carbocycles. The molecule has 2 aromatic carbocycles. The molecule has 0 atom stereocenters. The first kappa shape index (κ1) is 20.0. The van der Waals surface area contributed by atoms with Crippen LogP contribution in [0.3, 0.4) is 0 Å². The Kier molecular flexibility index (Phi) is 5.77. The summed E-state index contributed by atoms with van der Waals surface area (Å²) in [6.45, 7) is 6.91. The molecule has 1 heterocycles. The topological polar surface area (TPSA) is 64.8 Å². The largest absolute Gasteiger partial charge is 0.455 e. The molecule has 150 valence electrons. The number of nitrogen functional groups attached to an aromatic ring is 1. The number of anilines is 1. The molecule has 1 fully saturated rings. The standard InChI is InChI=1S/C22H27FN2O3/c1-22(2,3)28-21(26)25-12-10-15(11-13-25)16-4-9-19(24)20(14-16)27-18-7-5-17(23)6-8-18/h4-9,14-15H,10-13,24H2,1-3H3. The van der Waals surface area contributed by atoms with Crippen molar-refractivity contribution in [3.8, 4) is 11.5 Å². The van der Waals surface area contributed by atoms with E-state index in [-0.39, 0.29) is 11.9 Å². The SMILES string of the molecule is CC(C)(C)OC(=O)N1CCC(c2ccc(N)c(Oc3ccc(F)cc3)c2)CC1. The van der Waals surface area contributed by atoms with E-state index in [0.717, 1.165) is 18.4 Å². The maximum Gasteiger partial charge on any atom is 0.410 e. The molecule has 1 aliphatic rings. The zero-order valence-electron chi connectivity index (χ0n) is 16.6. The number of nitrogens with zero attached hydrogens (tertiary/aromatic N) is 1. The minimum absolute atomic E-state index is 0.261. The highest BCUT2D eigenvalue weighted by molar-refractivity contribution is 5.68. The van der Waals surface area contributed by atoms with Crippen molar-refractivity contribution >= 4 is 11.8 Å². The summed E-state index contributed by atoms with van der Waals surface area (Å²) in [4.78, 5) is 14.0. The van der Waals surface area contributed by atoms with Gasteiger partial charge in [-0.25, -0.2) is 9.18 Å². The fourth-order valence-electron chi connectivity index (χ4n) is 3.24. The fourth-order valence-corrected chi connectivity index (χ4v) is 3.24. The molecule has 6 heteroatoms. The molecule has 0 radical (unpaired) electrons. The lowest BCUT2D eigenvalue weighted by Gasteiger charge is -2.33. The third kappa shape index (κ3) is 5.15. The summed E-state index contributed by atoms with van der Waals surface area (Å²) in [7, 11) is 0. The van der Waals surface area contributed by atoms with Crippen molar-refractivity contribution in [3.63, 3.8) is 0 Å². The first-order chi connectivity index (χ1) is 13.2. The summed E-state index contributed by atoms with van der Waals surface area (Å²) >= 11 is 0. The molecule has 0 saturated carbocycles. The molecule has 0 aromatic heterocycles. The Hall–Kier alpha value is -2.76. The molecule has 1 saturated heterocycles. The number of nitrogens with two attached hydrogens (primary N) is 1. The van der Waals surface area contributed by atoms with E-state index in [9.17, 15) is 9.18 Å². The molecule has 28 heavy (non-hydrogen) atoms. The van der Waals surface area contributed by atoms with Crippen molar-refractivity contribution in [1.29, 1.82) is 0 Å². The Morgan fingerprint density at radius 2 is 1.75 bits per heavy atom. The zero-order chi connectivity index (χ0) is 20.3. The van der Waals surface area contributed by atoms with Crippen molar-refractivity contribution in [2.75, 3.05) is 18.8 Å². The lowest BCUT2D eigenvalue weighted by atomic mass is 9.89. The second-order valence-electron chi connectivity index (χ2n) is 8.09. The third-order valence-electron chi connectivity index (χ3n) is 4.70. The van der Waals surface area contributed by atoms with Gasteiger partial charge in [-0.15, -0.1) is 0 Å². The summed E-state index contributed by atoms with van der Waals surface area (Å²) < 4.78 is 24.4. The van der Waals surface area contributed by atoms with Crippen LogP contribution in [0.5, 0.6) is 11.5 Å². The minimum atomic E-state index is -0.489. The molecule has 1 amide bonds. The number of carbonyl (C=O) groups excluding carboxylic acids is 1. The first-order valence-corrected chi connectivity index (χ1v) is 9.52. The number of piperidine rings is 1. The molecule has 2 aromatic rings. The molecular weight excluding hydrogens is 359 g/mol. The molecule has 0 spiro atoms. The summed E-state index contributed by atoms with van der Waals surface area (Å²) in [5.74, 6) is 1.09. The number of likely N-dealkylation sites (tertiary alicyclic amines) is 1. The van der Waals surface area contributed by atoms with Gasteiger partial charge in [-0.05, 0) is 81.5 Å². The van der Waals surface area contributed by atoms with E-state index in [1.165, 1.54) is 12.1 Å². The number of benzene rings is 2. The molecule has 2 N–H and O–H groups in total. The van der Waals surface area contributed by atoms with E-state index in [4.69, 9.17) is 15.2 Å². The summed E-state index contributed by atoms with van der Waals surface area (Å²) in [6.07, 6.45) is 1.43. The van der Waals surface area contributed by atoms with Crippen molar-refractivity contribution in [2.24, 2.45) is 0 Å². The van der Waals surface area contributed by atoms with Crippen molar-refractivity contribution < 1.29 is 18.7 Å². The molecule has 0 bridgehead atoms. The third-order valence-corrected chi connectivity index (χ3v) is 4.70. The highest BCUT2D eigenvalue weighted by Crippen LogP contribution is 2.35. The van der Waals surface area contributed by atoms with E-state index in [1.54, 1.807) is 17.0 Å². The van der Waals surface area contributed by atoms with Crippen LogP contribution in [-0.2, 0) is 4.74 Å². The van der Waals surface area contributed by atoms with Crippen LogP contribution in [0.2, 0.25) is 0 Å². The Balaban J connectivity index is 1.65. The quantitative estimate of drug-likeness (QED) is 0.726. The number of carbonyl (C=O) groups is 1. The number of rotatable bonds is 3. The maximum absolute atomic E-state index is 13.1. The second kappa shape index (κ2) is 8.09. The Morgan fingerprint density at radius 1 is 1.11 bits per heavy atom. The molecular formula is C22H27FN2O3. The lowest BCUT2D eigenvalue weighted by molar-refractivity contribution is 0.0205. The van der Waals surface area contributed by atoms with E-state index < -0.39 is 5.60 Å². The second-order valence-corrected chi connectivity index (χ2v) is 8.09. The minimum Gasteiger partial charge on any atom is -0.455 e. The van der Waals surface area contributed by atoms with E-state index in [2.05, 4.69) is 0 Å². The van der Waals surface area contributed by atoms with Gasteiger partial charge in [-0.1, -0.05) is 6.07 Å². The van der Waals surface area contributed by atoms with Gasteiger partial charge < -0.3 is 20.1 Å². The molecule has 1 aliphatic heterocycles. The van der Waals surface area contributed by atoms with Gasteiger partial charge >= 0.3 is 6.09 Å². The van der Waals surface area contributed by atoms with Crippen LogP contribution in [0.15, 0.2) is 42.5 Å². The van der Waals surface area contributed by atoms with E-state index in [0.29, 0.717) is 36.2 Å². The Labute approximate surface area is 165 Å². The molecule has 0 unspecified atom stereocenters. The van der Waals surface area contributed by atoms with Crippen molar-refractivity contribution in [3.05, 3.63) is 53.8 Å². The monoisotopic (exact) mass is 386 g/mol. The average Bonchev–Trinajstić information content (AvgIpc) is 2.64. The molecule has 5 nitrogen and oxygen atoms in total. The van der Waals surface area contributed by atoms with Crippen LogP contribution in [-0.4, -0.2) is 29.7 Å². The summed E-state index contributed by atoms with van der Waals surface area (Å²) in [5, 5.41) is 0. The van der Waals surface area contributed by atoms with Gasteiger partial charge in [0.2, 0.25) is 0 Å². The van der Waals surface area contributed by atoms with Gasteiger partial charge in [-0.3, -0.25) is 0 Å². The number of halogens is 1. The smallest absolute Gasteiger partial charge is 0.410 e. The Morgan fingerprint density at radius 3 is 2.36 bits per heavy atom. The van der Waals surface area contributed by atoms with Crippen molar-refractivity contribution in [2.45, 2.75) is 45.1 Å². The predicted molar refractivity (Wildman–Crippen MR) is 107 cm³/mol. The zero-order valence-corrected chi connectivity index (χ0v) is 16.6. The van der Waals surface area contributed by atoms with Crippen LogP contribution >= 0.6 is 0 Å². The highest BCUT2D eigenvalue weighted by Gasteiger charge is 2.27. The molecule has 3 rings (SSSR count). The highest BCUT2D eigenvalue weighted by atomic mass is 19.1.